The van der Waals surface area contributed by atoms with Crippen LogP contribution in [0.15, 0.2) is 22.8 Å². The van der Waals surface area contributed by atoms with Crippen molar-refractivity contribution < 1.29 is 9.90 Å². The highest BCUT2D eigenvalue weighted by atomic mass is 79.9. The number of hydrogen-bond donors (Lipinski definition) is 1. The molecule has 5 nitrogen and oxygen atoms in total. The van der Waals surface area contributed by atoms with Crippen LogP contribution in [0.4, 0.5) is 4.79 Å². The van der Waals surface area contributed by atoms with Gasteiger partial charge in [0.1, 0.15) is 4.60 Å². The molecule has 0 aliphatic heterocycles. The lowest BCUT2D eigenvalue weighted by molar-refractivity contribution is 0.194. The minimum Gasteiger partial charge on any atom is -0.463 e. The summed E-state index contributed by atoms with van der Waals surface area (Å²) in [5, 5.41) is 21.9. The molecule has 1 heterocycles. The van der Waals surface area contributed by atoms with Crippen molar-refractivity contribution in [2.45, 2.75) is 0 Å². The Balaban J connectivity index is 2.82. The van der Waals surface area contributed by atoms with Gasteiger partial charge in [0.15, 0.2) is 0 Å². The minimum atomic E-state index is -1.16. The monoisotopic (exact) mass is 265 g/mol. The number of nitriles is 1. The highest BCUT2D eigenvalue weighted by molar-refractivity contribution is 9.10. The topological polar surface area (TPSA) is 78.9 Å². The molecular weight excluding hydrogens is 262 g/mol. The Morgan fingerprint density at radius 3 is 2.93 bits per heavy atom. The van der Waals surface area contributed by atoms with Gasteiger partial charge in [-0.25, -0.2) is 4.79 Å². The highest BCUT2D eigenvalue weighted by Gasteiger charge is 2.13. The third-order valence-corrected chi connectivity index (χ3v) is 2.53. The number of benzene rings is 1. The maximum atomic E-state index is 10.8. The van der Waals surface area contributed by atoms with Gasteiger partial charge < -0.3 is 5.11 Å². The van der Waals surface area contributed by atoms with Crippen LogP contribution in [0.2, 0.25) is 0 Å². The number of carbonyl (C=O) groups is 1. The van der Waals surface area contributed by atoms with Crippen LogP contribution in [0.1, 0.15) is 5.56 Å². The van der Waals surface area contributed by atoms with E-state index in [0.29, 0.717) is 21.1 Å². The smallest absolute Gasteiger partial charge is 0.432 e. The lowest BCUT2D eigenvalue weighted by Crippen LogP contribution is -2.09. The summed E-state index contributed by atoms with van der Waals surface area (Å²) in [5.41, 5.74) is 0.918. The molecule has 1 aromatic carbocycles. The van der Waals surface area contributed by atoms with E-state index in [-0.39, 0.29) is 0 Å². The van der Waals surface area contributed by atoms with Crippen molar-refractivity contribution in [3.8, 4) is 6.07 Å². The third-order valence-electron chi connectivity index (χ3n) is 1.95. The molecule has 0 saturated carbocycles. The second-order valence-electron chi connectivity index (χ2n) is 2.83. The number of fused-ring (bicyclic) bond motifs is 1. The van der Waals surface area contributed by atoms with E-state index in [9.17, 15) is 4.79 Å². The molecule has 1 N–H and O–H groups in total. The van der Waals surface area contributed by atoms with E-state index in [1.54, 1.807) is 18.2 Å². The van der Waals surface area contributed by atoms with Crippen molar-refractivity contribution in [3.05, 3.63) is 28.4 Å². The molecule has 2 rings (SSSR count). The molecule has 0 fully saturated rings. The van der Waals surface area contributed by atoms with Crippen molar-refractivity contribution in [2.24, 2.45) is 0 Å². The number of aromatic nitrogens is 2. The van der Waals surface area contributed by atoms with Crippen LogP contribution >= 0.6 is 15.9 Å². The van der Waals surface area contributed by atoms with Crippen LogP contribution in [0, 0.1) is 11.3 Å². The van der Waals surface area contributed by atoms with Crippen molar-refractivity contribution in [3.63, 3.8) is 0 Å². The summed E-state index contributed by atoms with van der Waals surface area (Å²) in [6.07, 6.45) is -1.16. The fraction of sp³-hybridized carbons (Fsp3) is 0. The first-order chi connectivity index (χ1) is 7.13. The third kappa shape index (κ3) is 1.47. The quantitative estimate of drug-likeness (QED) is 0.792. The molecule has 6 heteroatoms. The fourth-order valence-electron chi connectivity index (χ4n) is 1.30. The Hall–Kier alpha value is -1.87. The average molecular weight is 266 g/mol. The van der Waals surface area contributed by atoms with E-state index >= 15 is 0 Å². The molecule has 1 aromatic heterocycles. The number of hydrogen-bond acceptors (Lipinski definition) is 3. The molecular formula is C9H4BrN3O2. The molecule has 2 aromatic rings. The Morgan fingerprint density at radius 2 is 2.33 bits per heavy atom. The van der Waals surface area contributed by atoms with Gasteiger partial charge in [0, 0.05) is 5.39 Å². The number of halogens is 1. The Bertz CT molecular complexity index is 597. The van der Waals surface area contributed by atoms with Gasteiger partial charge in [-0.1, -0.05) is 0 Å². The van der Waals surface area contributed by atoms with Crippen LogP contribution in [0.3, 0.4) is 0 Å². The van der Waals surface area contributed by atoms with Gasteiger partial charge in [0.05, 0.1) is 17.1 Å². The Labute approximate surface area is 92.7 Å². The van der Waals surface area contributed by atoms with Gasteiger partial charge >= 0.3 is 6.09 Å². The van der Waals surface area contributed by atoms with Crippen molar-refractivity contribution in [2.75, 3.05) is 0 Å². The zero-order valence-corrected chi connectivity index (χ0v) is 8.89. The lowest BCUT2D eigenvalue weighted by Gasteiger charge is -1.94. The first-order valence-electron chi connectivity index (χ1n) is 3.95. The first kappa shape index (κ1) is 9.68. The summed E-state index contributed by atoms with van der Waals surface area (Å²) < 4.78 is 1.28. The van der Waals surface area contributed by atoms with Gasteiger partial charge in [-0.05, 0) is 34.1 Å². The predicted molar refractivity (Wildman–Crippen MR) is 55.6 cm³/mol. The van der Waals surface area contributed by atoms with E-state index in [0.717, 1.165) is 4.68 Å². The average Bonchev–Trinajstić information content (AvgIpc) is 2.56. The molecule has 0 radical (unpaired) electrons. The normalized spacial score (nSPS) is 10.1. The minimum absolute atomic E-state index is 0.414. The van der Waals surface area contributed by atoms with Gasteiger partial charge in [0.25, 0.3) is 0 Å². The maximum Gasteiger partial charge on any atom is 0.432 e. The SMILES string of the molecule is N#Cc1ccc2c(c1)c(Br)nn2C(=O)O. The summed E-state index contributed by atoms with van der Waals surface area (Å²) in [6.45, 7) is 0. The van der Waals surface area contributed by atoms with Gasteiger partial charge in [-0.15, -0.1) is 0 Å². The standard InChI is InChI=1S/C9H4BrN3O2/c10-8-6-3-5(4-11)1-2-7(6)13(12-8)9(14)15/h1-3H,(H,14,15). The largest absolute Gasteiger partial charge is 0.463 e. The van der Waals surface area contributed by atoms with Crippen molar-refractivity contribution >= 4 is 32.9 Å². The van der Waals surface area contributed by atoms with Crippen molar-refractivity contribution in [1.29, 1.82) is 5.26 Å². The molecule has 0 saturated heterocycles. The number of carboxylic acid groups (broad SMARTS) is 1. The van der Waals surface area contributed by atoms with Gasteiger partial charge in [0.2, 0.25) is 0 Å². The van der Waals surface area contributed by atoms with Crippen molar-refractivity contribution in [1.82, 2.24) is 9.78 Å². The molecule has 0 aliphatic carbocycles. The fourth-order valence-corrected chi connectivity index (χ4v) is 1.77. The zero-order chi connectivity index (χ0) is 11.0. The second-order valence-corrected chi connectivity index (χ2v) is 3.58. The Morgan fingerprint density at radius 1 is 1.60 bits per heavy atom. The summed E-state index contributed by atoms with van der Waals surface area (Å²) in [6, 6.07) is 6.68. The molecule has 0 aliphatic rings. The first-order valence-corrected chi connectivity index (χ1v) is 4.74. The van der Waals surface area contributed by atoms with E-state index in [2.05, 4.69) is 21.0 Å². The van der Waals surface area contributed by atoms with E-state index in [4.69, 9.17) is 10.4 Å². The number of nitrogens with zero attached hydrogens (tertiary/aromatic N) is 3. The van der Waals surface area contributed by atoms with Crippen LogP contribution in [0.5, 0.6) is 0 Å². The molecule has 0 unspecified atom stereocenters. The predicted octanol–water partition coefficient (Wildman–Crippen LogP) is 2.20. The summed E-state index contributed by atoms with van der Waals surface area (Å²) in [4.78, 5) is 10.8. The zero-order valence-electron chi connectivity index (χ0n) is 7.31. The second kappa shape index (κ2) is 3.37. The van der Waals surface area contributed by atoms with Crippen LogP contribution in [-0.2, 0) is 0 Å². The van der Waals surface area contributed by atoms with E-state index in [1.807, 2.05) is 6.07 Å². The van der Waals surface area contributed by atoms with Crippen LogP contribution in [-0.4, -0.2) is 21.0 Å². The maximum absolute atomic E-state index is 10.8. The molecule has 0 atom stereocenters. The van der Waals surface area contributed by atoms with E-state index < -0.39 is 6.09 Å². The highest BCUT2D eigenvalue weighted by Crippen LogP contribution is 2.24. The molecule has 0 bridgehead atoms. The summed E-state index contributed by atoms with van der Waals surface area (Å²) in [7, 11) is 0. The van der Waals surface area contributed by atoms with E-state index in [1.165, 1.54) is 0 Å². The Kier molecular flexibility index (Phi) is 2.17. The van der Waals surface area contributed by atoms with Gasteiger partial charge in [-0.2, -0.15) is 15.0 Å². The van der Waals surface area contributed by atoms with Crippen LogP contribution in [0.25, 0.3) is 10.9 Å². The van der Waals surface area contributed by atoms with Crippen LogP contribution < -0.4 is 0 Å². The molecule has 15 heavy (non-hydrogen) atoms. The number of rotatable bonds is 0. The lowest BCUT2D eigenvalue weighted by atomic mass is 10.2. The molecule has 74 valence electrons. The summed E-state index contributed by atoms with van der Waals surface area (Å²) >= 11 is 3.14. The molecule has 0 amide bonds. The van der Waals surface area contributed by atoms with Gasteiger partial charge in [-0.3, -0.25) is 0 Å². The summed E-state index contributed by atoms with van der Waals surface area (Å²) in [5.74, 6) is 0. The molecule has 0 spiro atoms.